The van der Waals surface area contributed by atoms with E-state index in [2.05, 4.69) is 15.3 Å². The number of aromatic nitrogens is 2. The van der Waals surface area contributed by atoms with Gasteiger partial charge in [-0.25, -0.2) is 9.97 Å². The lowest BCUT2D eigenvalue weighted by atomic mass is 9.81. The lowest BCUT2D eigenvalue weighted by Crippen LogP contribution is -2.64. The Balaban J connectivity index is 1.56. The molecule has 1 aromatic rings. The summed E-state index contributed by atoms with van der Waals surface area (Å²) in [6, 6.07) is 0.193. The smallest absolute Gasteiger partial charge is 0.399 e. The molecular formula is C16H24BN3O4. The number of fused-ring (bicyclic) bond motifs is 2. The highest BCUT2D eigenvalue weighted by atomic mass is 16.7. The molecule has 0 saturated carbocycles. The summed E-state index contributed by atoms with van der Waals surface area (Å²) in [4.78, 5) is 9.12. The van der Waals surface area contributed by atoms with E-state index in [0.717, 1.165) is 5.46 Å². The van der Waals surface area contributed by atoms with Crippen molar-refractivity contribution in [2.75, 3.05) is 26.4 Å². The van der Waals surface area contributed by atoms with Gasteiger partial charge in [-0.05, 0) is 27.7 Å². The maximum atomic E-state index is 6.05. The lowest BCUT2D eigenvalue weighted by molar-refractivity contribution is -0.108. The molecule has 0 aromatic carbocycles. The molecule has 0 aliphatic carbocycles. The van der Waals surface area contributed by atoms with E-state index in [1.807, 2.05) is 27.7 Å². The Morgan fingerprint density at radius 3 is 2.08 bits per heavy atom. The predicted molar refractivity (Wildman–Crippen MR) is 88.0 cm³/mol. The van der Waals surface area contributed by atoms with Crippen molar-refractivity contribution in [2.45, 2.75) is 50.5 Å². The molecule has 3 aliphatic rings. The second-order valence-electron chi connectivity index (χ2n) is 7.88. The molecule has 24 heavy (non-hydrogen) atoms. The van der Waals surface area contributed by atoms with Crippen LogP contribution in [0.4, 0.5) is 0 Å². The molecule has 0 amide bonds. The third-order valence-electron chi connectivity index (χ3n) is 5.44. The van der Waals surface area contributed by atoms with Gasteiger partial charge >= 0.3 is 7.12 Å². The van der Waals surface area contributed by atoms with Gasteiger partial charge in [-0.2, -0.15) is 0 Å². The first-order valence-corrected chi connectivity index (χ1v) is 8.43. The summed E-state index contributed by atoms with van der Waals surface area (Å²) in [7, 11) is -0.451. The van der Waals surface area contributed by atoms with Crippen LogP contribution in [0.25, 0.3) is 0 Å². The molecule has 8 heteroatoms. The molecular weight excluding hydrogens is 309 g/mol. The van der Waals surface area contributed by atoms with Crippen molar-refractivity contribution in [3.05, 3.63) is 18.2 Å². The summed E-state index contributed by atoms with van der Waals surface area (Å²) in [5.74, 6) is 0.687. The Morgan fingerprint density at radius 2 is 1.54 bits per heavy atom. The standard InChI is InChI=1S/C16H24BN3O4/c1-14(2)15(3,4)24-17(23-14)11-5-18-13(19-6-11)16-9-21-7-12(20-16)8-22-10-16/h5-6,12,20H,7-10H2,1-4H3. The SMILES string of the molecule is CC1(C)OB(c2cnc(C34COCC(COC3)N4)nc2)OC1(C)C. The van der Waals surface area contributed by atoms with Crippen LogP contribution in [0.15, 0.2) is 12.4 Å². The topological polar surface area (TPSA) is 74.7 Å². The van der Waals surface area contributed by atoms with Crippen molar-refractivity contribution in [3.8, 4) is 0 Å². The van der Waals surface area contributed by atoms with Crippen molar-refractivity contribution >= 4 is 12.6 Å². The molecule has 2 bridgehead atoms. The Kier molecular flexibility index (Phi) is 3.74. The monoisotopic (exact) mass is 333 g/mol. The van der Waals surface area contributed by atoms with Crippen LogP contribution >= 0.6 is 0 Å². The first kappa shape index (κ1) is 16.4. The van der Waals surface area contributed by atoms with Gasteiger partial charge in [-0.15, -0.1) is 0 Å². The van der Waals surface area contributed by atoms with Crippen LogP contribution in [0.2, 0.25) is 0 Å². The molecule has 4 rings (SSSR count). The number of rotatable bonds is 2. The van der Waals surface area contributed by atoms with E-state index in [-0.39, 0.29) is 17.2 Å². The third kappa shape index (κ3) is 2.57. The van der Waals surface area contributed by atoms with Crippen molar-refractivity contribution in [1.29, 1.82) is 0 Å². The Labute approximate surface area is 142 Å². The molecule has 3 aliphatic heterocycles. The average molecular weight is 333 g/mol. The molecule has 0 radical (unpaired) electrons. The van der Waals surface area contributed by atoms with Gasteiger partial charge in [0, 0.05) is 17.9 Å². The van der Waals surface area contributed by atoms with Crippen LogP contribution in [0.5, 0.6) is 0 Å². The second kappa shape index (κ2) is 5.47. The van der Waals surface area contributed by atoms with Crippen LogP contribution in [0.1, 0.15) is 33.5 Å². The van der Waals surface area contributed by atoms with Gasteiger partial charge in [-0.1, -0.05) is 0 Å². The fourth-order valence-electron chi connectivity index (χ4n) is 3.28. The highest BCUT2D eigenvalue weighted by Crippen LogP contribution is 2.36. The van der Waals surface area contributed by atoms with Gasteiger partial charge in [0.1, 0.15) is 5.54 Å². The normalized spacial score (nSPS) is 34.3. The van der Waals surface area contributed by atoms with Gasteiger partial charge in [0.25, 0.3) is 0 Å². The summed E-state index contributed by atoms with van der Waals surface area (Å²) < 4.78 is 23.5. The van der Waals surface area contributed by atoms with Crippen LogP contribution in [0.3, 0.4) is 0 Å². The fourth-order valence-corrected chi connectivity index (χ4v) is 3.28. The molecule has 7 nitrogen and oxygen atoms in total. The van der Waals surface area contributed by atoms with Crippen LogP contribution < -0.4 is 10.8 Å². The number of hydrogen-bond acceptors (Lipinski definition) is 7. The molecule has 1 aromatic heterocycles. The molecule has 3 fully saturated rings. The Hall–Kier alpha value is -1.06. The fraction of sp³-hybridized carbons (Fsp3) is 0.750. The van der Waals surface area contributed by atoms with Gasteiger partial charge in [-0.3, -0.25) is 5.32 Å². The second-order valence-corrected chi connectivity index (χ2v) is 7.88. The summed E-state index contributed by atoms with van der Waals surface area (Å²) in [5.41, 5.74) is -0.398. The summed E-state index contributed by atoms with van der Waals surface area (Å²) >= 11 is 0. The first-order chi connectivity index (χ1) is 11.3. The van der Waals surface area contributed by atoms with Crippen LogP contribution in [-0.2, 0) is 24.3 Å². The van der Waals surface area contributed by atoms with Crippen LogP contribution in [0, 0.1) is 0 Å². The van der Waals surface area contributed by atoms with Crippen molar-refractivity contribution in [2.24, 2.45) is 0 Å². The van der Waals surface area contributed by atoms with E-state index in [4.69, 9.17) is 18.8 Å². The number of morpholine rings is 2. The largest absolute Gasteiger partial charge is 0.498 e. The summed E-state index contributed by atoms with van der Waals surface area (Å²) in [6.07, 6.45) is 3.55. The maximum absolute atomic E-state index is 6.05. The molecule has 3 saturated heterocycles. The van der Waals surface area contributed by atoms with Gasteiger partial charge in [0.2, 0.25) is 0 Å². The zero-order valence-electron chi connectivity index (χ0n) is 14.7. The zero-order chi connectivity index (χ0) is 17.0. The maximum Gasteiger partial charge on any atom is 0.498 e. The van der Waals surface area contributed by atoms with E-state index >= 15 is 0 Å². The van der Waals surface area contributed by atoms with Crippen LogP contribution in [-0.4, -0.2) is 60.8 Å². The molecule has 130 valence electrons. The molecule has 0 unspecified atom stereocenters. The predicted octanol–water partition coefficient (Wildman–Crippen LogP) is -0.0103. The van der Waals surface area contributed by atoms with E-state index in [1.165, 1.54) is 0 Å². The minimum Gasteiger partial charge on any atom is -0.399 e. The number of nitrogens with one attached hydrogen (secondary N) is 1. The summed E-state index contributed by atoms with van der Waals surface area (Å²) in [6.45, 7) is 10.5. The molecule has 1 N–H and O–H groups in total. The van der Waals surface area contributed by atoms with Gasteiger partial charge in [0.05, 0.1) is 43.7 Å². The quantitative estimate of drug-likeness (QED) is 0.763. The third-order valence-corrected chi connectivity index (χ3v) is 5.44. The summed E-state index contributed by atoms with van der Waals surface area (Å²) in [5, 5.41) is 3.56. The minimum absolute atomic E-state index is 0.193. The molecule has 0 spiro atoms. The average Bonchev–Trinajstić information content (AvgIpc) is 2.76. The van der Waals surface area contributed by atoms with Gasteiger partial charge < -0.3 is 18.8 Å². The molecule has 4 heterocycles. The van der Waals surface area contributed by atoms with Crippen molar-refractivity contribution in [1.82, 2.24) is 15.3 Å². The molecule has 0 atom stereocenters. The van der Waals surface area contributed by atoms with E-state index in [1.54, 1.807) is 12.4 Å². The lowest BCUT2D eigenvalue weighted by Gasteiger charge is -2.44. The number of nitrogens with zero attached hydrogens (tertiary/aromatic N) is 2. The highest BCUT2D eigenvalue weighted by molar-refractivity contribution is 6.61. The van der Waals surface area contributed by atoms with Gasteiger partial charge in [0.15, 0.2) is 5.82 Å². The Bertz CT molecular complexity index is 596. The van der Waals surface area contributed by atoms with E-state index < -0.39 is 12.7 Å². The highest BCUT2D eigenvalue weighted by Gasteiger charge is 2.52. The van der Waals surface area contributed by atoms with E-state index in [0.29, 0.717) is 32.3 Å². The Morgan fingerprint density at radius 1 is 1.00 bits per heavy atom. The van der Waals surface area contributed by atoms with E-state index in [9.17, 15) is 0 Å². The minimum atomic E-state index is -0.463. The zero-order valence-corrected chi connectivity index (χ0v) is 14.7. The number of ether oxygens (including phenoxy) is 2. The number of hydrogen-bond donors (Lipinski definition) is 1. The van der Waals surface area contributed by atoms with Crippen molar-refractivity contribution in [3.63, 3.8) is 0 Å². The van der Waals surface area contributed by atoms with Crippen molar-refractivity contribution < 1.29 is 18.8 Å². The first-order valence-electron chi connectivity index (χ1n) is 8.43.